The van der Waals surface area contributed by atoms with E-state index in [0.717, 1.165) is 11.1 Å². The Kier molecular flexibility index (Phi) is 3.05. The van der Waals surface area contributed by atoms with Crippen LogP contribution in [0.25, 0.3) is 11.1 Å². The van der Waals surface area contributed by atoms with Crippen LogP contribution in [0.2, 0.25) is 0 Å². The Morgan fingerprint density at radius 1 is 1.24 bits per heavy atom. The molecule has 1 amide bonds. The molecule has 86 valence electrons. The molecule has 1 aromatic carbocycles. The molecule has 1 aromatic heterocycles. The number of methoxy groups -OCH3 is 1. The standard InChI is InChI=1S/C13H12N2O2/c1-17-12-5-3-2-4-10(12)9-6-7-15-8-11(9)13(14)16/h2-8H,1H3,(H2,14,16). The molecule has 0 fully saturated rings. The average Bonchev–Trinajstić information content (AvgIpc) is 2.38. The summed E-state index contributed by atoms with van der Waals surface area (Å²) in [5, 5.41) is 0. The summed E-state index contributed by atoms with van der Waals surface area (Å²) in [5.74, 6) is 0.195. The van der Waals surface area contributed by atoms with E-state index in [1.165, 1.54) is 6.20 Å². The highest BCUT2D eigenvalue weighted by Crippen LogP contribution is 2.31. The number of rotatable bonds is 3. The first-order valence-electron chi connectivity index (χ1n) is 5.11. The molecule has 4 nitrogen and oxygen atoms in total. The van der Waals surface area contributed by atoms with Crippen LogP contribution in [0.5, 0.6) is 5.75 Å². The zero-order valence-electron chi connectivity index (χ0n) is 9.38. The molecule has 2 aromatic rings. The van der Waals surface area contributed by atoms with Crippen LogP contribution in [0, 0.1) is 0 Å². The highest BCUT2D eigenvalue weighted by atomic mass is 16.5. The number of benzene rings is 1. The summed E-state index contributed by atoms with van der Waals surface area (Å²) in [4.78, 5) is 15.2. The van der Waals surface area contributed by atoms with Gasteiger partial charge in [0.25, 0.3) is 5.91 Å². The molecule has 0 aliphatic rings. The van der Waals surface area contributed by atoms with Crippen molar-refractivity contribution in [3.05, 3.63) is 48.3 Å². The number of hydrogen-bond donors (Lipinski definition) is 1. The molecule has 1 heterocycles. The molecule has 0 saturated heterocycles. The summed E-state index contributed by atoms with van der Waals surface area (Å²) in [7, 11) is 1.59. The van der Waals surface area contributed by atoms with E-state index in [-0.39, 0.29) is 0 Å². The van der Waals surface area contributed by atoms with Crippen LogP contribution in [-0.2, 0) is 0 Å². The van der Waals surface area contributed by atoms with Crippen molar-refractivity contribution in [3.8, 4) is 16.9 Å². The van der Waals surface area contributed by atoms with E-state index in [4.69, 9.17) is 10.5 Å². The molecule has 0 spiro atoms. The van der Waals surface area contributed by atoms with Gasteiger partial charge in [-0.3, -0.25) is 9.78 Å². The Morgan fingerprint density at radius 2 is 2.00 bits per heavy atom. The van der Waals surface area contributed by atoms with Crippen molar-refractivity contribution in [1.29, 1.82) is 0 Å². The molecule has 0 aliphatic carbocycles. The maximum atomic E-state index is 11.3. The number of para-hydroxylation sites is 1. The molecular formula is C13H12N2O2. The van der Waals surface area contributed by atoms with E-state index < -0.39 is 5.91 Å². The average molecular weight is 228 g/mol. The Morgan fingerprint density at radius 3 is 2.71 bits per heavy atom. The fraction of sp³-hybridized carbons (Fsp3) is 0.0769. The van der Waals surface area contributed by atoms with Crippen molar-refractivity contribution in [2.45, 2.75) is 0 Å². The Balaban J connectivity index is 2.64. The van der Waals surface area contributed by atoms with Crippen LogP contribution in [-0.4, -0.2) is 18.0 Å². The van der Waals surface area contributed by atoms with Gasteiger partial charge < -0.3 is 10.5 Å². The molecule has 0 atom stereocenters. The lowest BCUT2D eigenvalue weighted by molar-refractivity contribution is 0.100. The van der Waals surface area contributed by atoms with Crippen LogP contribution in [0.15, 0.2) is 42.7 Å². The minimum absolute atomic E-state index is 0.386. The first-order chi connectivity index (χ1) is 8.24. The quantitative estimate of drug-likeness (QED) is 0.871. The van der Waals surface area contributed by atoms with Gasteiger partial charge in [0.1, 0.15) is 5.75 Å². The third-order valence-corrected chi connectivity index (χ3v) is 2.48. The van der Waals surface area contributed by atoms with Gasteiger partial charge in [-0.1, -0.05) is 18.2 Å². The van der Waals surface area contributed by atoms with Crippen LogP contribution in [0.3, 0.4) is 0 Å². The third kappa shape index (κ3) is 2.10. The molecule has 0 radical (unpaired) electrons. The zero-order chi connectivity index (χ0) is 12.3. The maximum absolute atomic E-state index is 11.3. The first kappa shape index (κ1) is 11.1. The number of hydrogen-bond acceptors (Lipinski definition) is 3. The summed E-state index contributed by atoms with van der Waals surface area (Å²) < 4.78 is 5.26. The number of aromatic nitrogens is 1. The van der Waals surface area contributed by atoms with E-state index >= 15 is 0 Å². The van der Waals surface area contributed by atoms with Crippen molar-refractivity contribution >= 4 is 5.91 Å². The predicted molar refractivity (Wildman–Crippen MR) is 64.7 cm³/mol. The summed E-state index contributed by atoms with van der Waals surface area (Å²) >= 11 is 0. The van der Waals surface area contributed by atoms with Crippen molar-refractivity contribution in [3.63, 3.8) is 0 Å². The number of carbonyl (C=O) groups excluding carboxylic acids is 1. The van der Waals surface area contributed by atoms with Gasteiger partial charge >= 0.3 is 0 Å². The molecule has 0 unspecified atom stereocenters. The van der Waals surface area contributed by atoms with E-state index in [1.54, 1.807) is 19.4 Å². The second-order valence-electron chi connectivity index (χ2n) is 3.49. The molecule has 0 aliphatic heterocycles. The Labute approximate surface area is 99.1 Å². The second kappa shape index (κ2) is 4.65. The topological polar surface area (TPSA) is 65.2 Å². The lowest BCUT2D eigenvalue weighted by Gasteiger charge is -2.10. The van der Waals surface area contributed by atoms with Gasteiger partial charge in [0.15, 0.2) is 0 Å². The van der Waals surface area contributed by atoms with Gasteiger partial charge in [-0.05, 0) is 12.1 Å². The molecular weight excluding hydrogens is 216 g/mol. The number of pyridine rings is 1. The van der Waals surface area contributed by atoms with E-state index in [2.05, 4.69) is 4.98 Å². The molecule has 2 rings (SSSR count). The van der Waals surface area contributed by atoms with Gasteiger partial charge in [0.05, 0.1) is 12.7 Å². The van der Waals surface area contributed by atoms with Gasteiger partial charge in [-0.25, -0.2) is 0 Å². The Bertz CT molecular complexity index is 553. The van der Waals surface area contributed by atoms with Gasteiger partial charge in [-0.2, -0.15) is 0 Å². The highest BCUT2D eigenvalue weighted by Gasteiger charge is 2.12. The minimum atomic E-state index is -0.501. The van der Waals surface area contributed by atoms with Crippen molar-refractivity contribution in [2.75, 3.05) is 7.11 Å². The summed E-state index contributed by atoms with van der Waals surface area (Å²) in [5.41, 5.74) is 7.26. The predicted octanol–water partition coefficient (Wildman–Crippen LogP) is 1.86. The van der Waals surface area contributed by atoms with E-state index in [1.807, 2.05) is 24.3 Å². The van der Waals surface area contributed by atoms with Crippen LogP contribution in [0.4, 0.5) is 0 Å². The minimum Gasteiger partial charge on any atom is -0.496 e. The summed E-state index contributed by atoms with van der Waals surface area (Å²) in [6.07, 6.45) is 3.08. The number of amides is 1. The fourth-order valence-electron chi connectivity index (χ4n) is 1.69. The lowest BCUT2D eigenvalue weighted by atomic mass is 10.0. The maximum Gasteiger partial charge on any atom is 0.250 e. The van der Waals surface area contributed by atoms with Crippen LogP contribution < -0.4 is 10.5 Å². The zero-order valence-corrected chi connectivity index (χ0v) is 9.38. The third-order valence-electron chi connectivity index (χ3n) is 2.48. The summed E-state index contributed by atoms with van der Waals surface area (Å²) in [6.45, 7) is 0. The smallest absolute Gasteiger partial charge is 0.250 e. The van der Waals surface area contributed by atoms with Crippen molar-refractivity contribution in [2.24, 2.45) is 5.73 Å². The molecule has 0 bridgehead atoms. The molecule has 4 heteroatoms. The van der Waals surface area contributed by atoms with Crippen LogP contribution in [0.1, 0.15) is 10.4 Å². The molecule has 17 heavy (non-hydrogen) atoms. The lowest BCUT2D eigenvalue weighted by Crippen LogP contribution is -2.12. The van der Waals surface area contributed by atoms with Gasteiger partial charge in [-0.15, -0.1) is 0 Å². The molecule has 0 saturated carbocycles. The number of primary amides is 1. The first-order valence-corrected chi connectivity index (χ1v) is 5.11. The van der Waals surface area contributed by atoms with Crippen LogP contribution >= 0.6 is 0 Å². The number of nitrogens with zero attached hydrogens (tertiary/aromatic N) is 1. The fourth-order valence-corrected chi connectivity index (χ4v) is 1.69. The second-order valence-corrected chi connectivity index (χ2v) is 3.49. The monoisotopic (exact) mass is 228 g/mol. The van der Waals surface area contributed by atoms with Gasteiger partial charge in [0, 0.05) is 23.5 Å². The number of ether oxygens (including phenoxy) is 1. The molecule has 2 N–H and O–H groups in total. The van der Waals surface area contributed by atoms with Crippen molar-refractivity contribution in [1.82, 2.24) is 4.98 Å². The number of carbonyl (C=O) groups is 1. The van der Waals surface area contributed by atoms with E-state index in [9.17, 15) is 4.79 Å². The summed E-state index contributed by atoms with van der Waals surface area (Å²) in [6, 6.07) is 9.20. The SMILES string of the molecule is COc1ccccc1-c1ccncc1C(N)=O. The normalized spacial score (nSPS) is 9.94. The van der Waals surface area contributed by atoms with E-state index in [0.29, 0.717) is 11.3 Å². The number of nitrogens with two attached hydrogens (primary N) is 1. The largest absolute Gasteiger partial charge is 0.496 e. The highest BCUT2D eigenvalue weighted by molar-refractivity contribution is 6.00. The Hall–Kier alpha value is -2.36. The van der Waals surface area contributed by atoms with Gasteiger partial charge in [0.2, 0.25) is 0 Å². The van der Waals surface area contributed by atoms with Crippen molar-refractivity contribution < 1.29 is 9.53 Å².